The molecule has 0 aliphatic carbocycles. The molecule has 0 saturated carbocycles. The molecule has 0 saturated heterocycles. The van der Waals surface area contributed by atoms with E-state index in [0.29, 0.717) is 25.4 Å². The van der Waals surface area contributed by atoms with Gasteiger partial charge in [-0.2, -0.15) is 13.2 Å². The van der Waals surface area contributed by atoms with E-state index in [-0.39, 0.29) is 18.8 Å². The standard InChI is InChI=1S/C17H22F3NO4/c1-3-24-15(22)8-5-9-25-14-7-4-6-13(11-14)10-12(2)21-16(23)17(18,19)20/h4,6-7,11-12H,3,5,8-10H2,1-2H3,(H,21,23). The van der Waals surface area contributed by atoms with E-state index in [1.165, 1.54) is 6.92 Å². The summed E-state index contributed by atoms with van der Waals surface area (Å²) in [7, 11) is 0. The zero-order valence-electron chi connectivity index (χ0n) is 14.2. The minimum atomic E-state index is -4.89. The third kappa shape index (κ3) is 8.42. The molecule has 1 amide bonds. The molecular weight excluding hydrogens is 339 g/mol. The molecule has 1 rings (SSSR count). The predicted octanol–water partition coefficient (Wildman–Crippen LogP) is 3.02. The average Bonchev–Trinajstić information content (AvgIpc) is 2.51. The summed E-state index contributed by atoms with van der Waals surface area (Å²) in [5, 5.41) is 1.91. The molecule has 140 valence electrons. The Labute approximate surface area is 144 Å². The second kappa shape index (κ2) is 9.90. The number of hydrogen-bond donors (Lipinski definition) is 1. The fourth-order valence-corrected chi connectivity index (χ4v) is 2.11. The van der Waals surface area contributed by atoms with Crippen molar-refractivity contribution in [2.24, 2.45) is 0 Å². The van der Waals surface area contributed by atoms with Gasteiger partial charge in [0.25, 0.3) is 0 Å². The summed E-state index contributed by atoms with van der Waals surface area (Å²) in [6.45, 7) is 3.89. The first kappa shape index (κ1) is 20.8. The Bertz CT molecular complexity index is 575. The predicted molar refractivity (Wildman–Crippen MR) is 85.2 cm³/mol. The molecule has 1 unspecified atom stereocenters. The van der Waals surface area contributed by atoms with E-state index in [1.54, 1.807) is 31.2 Å². The third-order valence-corrected chi connectivity index (χ3v) is 3.17. The van der Waals surface area contributed by atoms with Gasteiger partial charge in [0, 0.05) is 12.5 Å². The molecule has 0 spiro atoms. The highest BCUT2D eigenvalue weighted by Crippen LogP contribution is 2.17. The summed E-state index contributed by atoms with van der Waals surface area (Å²) >= 11 is 0. The first-order valence-corrected chi connectivity index (χ1v) is 7.97. The SMILES string of the molecule is CCOC(=O)CCCOc1cccc(CC(C)NC(=O)C(F)(F)F)c1. The number of halogens is 3. The molecule has 0 aliphatic heterocycles. The lowest BCUT2D eigenvalue weighted by Gasteiger charge is -2.16. The number of ether oxygens (including phenoxy) is 2. The maximum Gasteiger partial charge on any atom is 0.471 e. The van der Waals surface area contributed by atoms with Crippen molar-refractivity contribution < 1.29 is 32.2 Å². The summed E-state index contributed by atoms with van der Waals surface area (Å²) in [5.74, 6) is -1.68. The van der Waals surface area contributed by atoms with Crippen molar-refractivity contribution in [3.8, 4) is 5.75 Å². The Kier molecular flexibility index (Phi) is 8.24. The van der Waals surface area contributed by atoms with E-state index >= 15 is 0 Å². The first-order chi connectivity index (χ1) is 11.7. The van der Waals surface area contributed by atoms with Gasteiger partial charge in [-0.3, -0.25) is 9.59 Å². The van der Waals surface area contributed by atoms with Crippen molar-refractivity contribution in [3.05, 3.63) is 29.8 Å². The van der Waals surface area contributed by atoms with Crippen LogP contribution in [0.3, 0.4) is 0 Å². The van der Waals surface area contributed by atoms with Gasteiger partial charge in [-0.1, -0.05) is 12.1 Å². The molecule has 25 heavy (non-hydrogen) atoms. The molecule has 0 radical (unpaired) electrons. The largest absolute Gasteiger partial charge is 0.494 e. The Balaban J connectivity index is 2.44. The van der Waals surface area contributed by atoms with Crippen LogP contribution in [0, 0.1) is 0 Å². The Morgan fingerprint density at radius 3 is 2.64 bits per heavy atom. The summed E-state index contributed by atoms with van der Waals surface area (Å²) < 4.78 is 47.0. The third-order valence-electron chi connectivity index (χ3n) is 3.17. The molecule has 0 heterocycles. The molecule has 5 nitrogen and oxygen atoms in total. The summed E-state index contributed by atoms with van der Waals surface area (Å²) in [6, 6.07) is 6.19. The Morgan fingerprint density at radius 2 is 2.00 bits per heavy atom. The van der Waals surface area contributed by atoms with Crippen molar-refractivity contribution in [1.82, 2.24) is 5.32 Å². The van der Waals surface area contributed by atoms with Crippen molar-refractivity contribution in [1.29, 1.82) is 0 Å². The number of benzene rings is 1. The molecule has 1 N–H and O–H groups in total. The van der Waals surface area contributed by atoms with Crippen molar-refractivity contribution in [2.45, 2.75) is 45.3 Å². The number of hydrogen-bond acceptors (Lipinski definition) is 4. The minimum Gasteiger partial charge on any atom is -0.494 e. The number of rotatable bonds is 9. The average molecular weight is 361 g/mol. The van der Waals surface area contributed by atoms with E-state index in [9.17, 15) is 22.8 Å². The zero-order valence-corrected chi connectivity index (χ0v) is 14.2. The number of esters is 1. The molecular formula is C17H22F3NO4. The van der Waals surface area contributed by atoms with Gasteiger partial charge >= 0.3 is 18.1 Å². The van der Waals surface area contributed by atoms with Crippen LogP contribution in [0.15, 0.2) is 24.3 Å². The van der Waals surface area contributed by atoms with Gasteiger partial charge < -0.3 is 14.8 Å². The Hall–Kier alpha value is -2.25. The number of carbonyl (C=O) groups is 2. The van der Waals surface area contributed by atoms with Gasteiger partial charge in [-0.05, 0) is 44.4 Å². The maximum absolute atomic E-state index is 12.2. The lowest BCUT2D eigenvalue weighted by molar-refractivity contribution is -0.174. The van der Waals surface area contributed by atoms with Crippen molar-refractivity contribution >= 4 is 11.9 Å². The van der Waals surface area contributed by atoms with Crippen LogP contribution in [0.2, 0.25) is 0 Å². The van der Waals surface area contributed by atoms with E-state index in [2.05, 4.69) is 0 Å². The second-order valence-electron chi connectivity index (χ2n) is 5.48. The minimum absolute atomic E-state index is 0.238. The van der Waals surface area contributed by atoms with Crippen LogP contribution in [0.5, 0.6) is 5.75 Å². The van der Waals surface area contributed by atoms with Crippen LogP contribution in [0.25, 0.3) is 0 Å². The molecule has 0 aromatic heterocycles. The summed E-state index contributed by atoms with van der Waals surface area (Å²) in [5.41, 5.74) is 0.734. The van der Waals surface area contributed by atoms with Crippen molar-refractivity contribution in [3.63, 3.8) is 0 Å². The van der Waals surface area contributed by atoms with Crippen LogP contribution >= 0.6 is 0 Å². The fourth-order valence-electron chi connectivity index (χ4n) is 2.11. The molecule has 0 aliphatic rings. The smallest absolute Gasteiger partial charge is 0.471 e. The van der Waals surface area contributed by atoms with Crippen LogP contribution in [0.1, 0.15) is 32.3 Å². The van der Waals surface area contributed by atoms with Gasteiger partial charge in [0.05, 0.1) is 13.2 Å². The maximum atomic E-state index is 12.2. The molecule has 0 bridgehead atoms. The highest BCUT2D eigenvalue weighted by Gasteiger charge is 2.39. The van der Waals surface area contributed by atoms with Crippen LogP contribution in [0.4, 0.5) is 13.2 Å². The number of amides is 1. The monoisotopic (exact) mass is 361 g/mol. The van der Waals surface area contributed by atoms with E-state index < -0.39 is 18.1 Å². The first-order valence-electron chi connectivity index (χ1n) is 7.97. The van der Waals surface area contributed by atoms with Crippen LogP contribution < -0.4 is 10.1 Å². The van der Waals surface area contributed by atoms with Gasteiger partial charge in [-0.15, -0.1) is 0 Å². The molecule has 1 atom stereocenters. The number of nitrogens with one attached hydrogen (secondary N) is 1. The number of carbonyl (C=O) groups excluding carboxylic acids is 2. The van der Waals surface area contributed by atoms with Gasteiger partial charge in [0.1, 0.15) is 5.75 Å². The van der Waals surface area contributed by atoms with Crippen LogP contribution in [-0.4, -0.2) is 37.3 Å². The molecule has 1 aromatic carbocycles. The molecule has 1 aromatic rings. The quantitative estimate of drug-likeness (QED) is 0.542. The van der Waals surface area contributed by atoms with Gasteiger partial charge in [0.15, 0.2) is 0 Å². The Morgan fingerprint density at radius 1 is 1.28 bits per heavy atom. The molecule has 0 fully saturated rings. The fraction of sp³-hybridized carbons (Fsp3) is 0.529. The van der Waals surface area contributed by atoms with Gasteiger partial charge in [-0.25, -0.2) is 0 Å². The highest BCUT2D eigenvalue weighted by atomic mass is 19.4. The van der Waals surface area contributed by atoms with E-state index in [0.717, 1.165) is 5.56 Å². The summed E-state index contributed by atoms with van der Waals surface area (Å²) in [6.07, 6.45) is -3.89. The lowest BCUT2D eigenvalue weighted by Crippen LogP contribution is -2.42. The van der Waals surface area contributed by atoms with E-state index in [1.807, 2.05) is 5.32 Å². The van der Waals surface area contributed by atoms with E-state index in [4.69, 9.17) is 9.47 Å². The topological polar surface area (TPSA) is 64.6 Å². The second-order valence-corrected chi connectivity index (χ2v) is 5.48. The number of alkyl halides is 3. The zero-order chi connectivity index (χ0) is 18.9. The van der Waals surface area contributed by atoms with Crippen molar-refractivity contribution in [2.75, 3.05) is 13.2 Å². The highest BCUT2D eigenvalue weighted by molar-refractivity contribution is 5.81. The lowest BCUT2D eigenvalue weighted by atomic mass is 10.1. The summed E-state index contributed by atoms with van der Waals surface area (Å²) in [4.78, 5) is 22.1. The van der Waals surface area contributed by atoms with Gasteiger partial charge in [0.2, 0.25) is 0 Å². The van der Waals surface area contributed by atoms with Crippen LogP contribution in [-0.2, 0) is 20.7 Å². The normalized spacial score (nSPS) is 12.4. The molecule has 8 heteroatoms.